The van der Waals surface area contributed by atoms with Crippen molar-refractivity contribution in [3.8, 4) is 22.8 Å². The van der Waals surface area contributed by atoms with Crippen LogP contribution in [-0.2, 0) is 9.59 Å². The Labute approximate surface area is 159 Å². The molecule has 0 saturated heterocycles. The minimum atomic E-state index is -1.14. The van der Waals surface area contributed by atoms with Gasteiger partial charge < -0.3 is 24.7 Å². The monoisotopic (exact) mass is 382 g/mol. The molecule has 0 spiro atoms. The van der Waals surface area contributed by atoms with Crippen LogP contribution in [0.15, 0.2) is 57.9 Å². The summed E-state index contributed by atoms with van der Waals surface area (Å²) in [6.45, 7) is -0.735. The van der Waals surface area contributed by atoms with E-state index < -0.39 is 18.4 Å². The van der Waals surface area contributed by atoms with Gasteiger partial charge in [0.25, 0.3) is 0 Å². The van der Waals surface area contributed by atoms with Gasteiger partial charge >= 0.3 is 5.97 Å². The molecule has 144 valence electrons. The predicted molar refractivity (Wildman–Crippen MR) is 101 cm³/mol. The van der Waals surface area contributed by atoms with Crippen LogP contribution in [-0.4, -0.2) is 42.3 Å². The van der Waals surface area contributed by atoms with E-state index in [1.807, 2.05) is 12.1 Å². The van der Waals surface area contributed by atoms with Crippen molar-refractivity contribution in [3.05, 3.63) is 53.9 Å². The predicted octanol–water partition coefficient (Wildman–Crippen LogP) is 1.92. The highest BCUT2D eigenvalue weighted by Gasteiger charge is 2.08. The molecule has 0 unspecified atom stereocenters. The highest BCUT2D eigenvalue weighted by Crippen LogP contribution is 2.25. The molecule has 1 amide bonds. The van der Waals surface area contributed by atoms with Crippen molar-refractivity contribution in [2.24, 2.45) is 4.99 Å². The molecule has 28 heavy (non-hydrogen) atoms. The smallest absolute Gasteiger partial charge is 0.322 e. The first kappa shape index (κ1) is 19.0. The average Bonchev–Trinajstić information content (AvgIpc) is 2.70. The van der Waals surface area contributed by atoms with E-state index in [0.29, 0.717) is 27.8 Å². The van der Waals surface area contributed by atoms with E-state index in [9.17, 15) is 14.7 Å². The Balaban J connectivity index is 2.03. The SMILES string of the molecule is COc1ccc(-c2cc(=NCC(=O)NCC(=O)O)c3cc(O)ccc3o2)cc1. The molecule has 0 atom stereocenters. The van der Waals surface area contributed by atoms with E-state index in [1.165, 1.54) is 12.1 Å². The Kier molecular flexibility index (Phi) is 5.59. The summed E-state index contributed by atoms with van der Waals surface area (Å²) in [5.41, 5.74) is 1.26. The number of carboxylic acid groups (broad SMARTS) is 1. The van der Waals surface area contributed by atoms with Gasteiger partial charge in [-0.3, -0.25) is 14.6 Å². The second-order valence-electron chi connectivity index (χ2n) is 5.89. The van der Waals surface area contributed by atoms with Crippen LogP contribution in [0.4, 0.5) is 0 Å². The molecule has 3 N–H and O–H groups in total. The number of rotatable bonds is 6. The standard InChI is InChI=1S/C20H18N2O6/c1-27-14-5-2-12(3-6-14)18-9-16(21-10-19(24)22-11-20(25)26)15-8-13(23)4-7-17(15)28-18/h2-9,23H,10-11H2,1H3,(H,22,24)(H,25,26). The average molecular weight is 382 g/mol. The third-order valence-electron chi connectivity index (χ3n) is 3.93. The highest BCUT2D eigenvalue weighted by molar-refractivity contribution is 5.83. The Morgan fingerprint density at radius 1 is 1.14 bits per heavy atom. The fraction of sp³-hybridized carbons (Fsp3) is 0.150. The summed E-state index contributed by atoms with van der Waals surface area (Å²) < 4.78 is 11.1. The van der Waals surface area contributed by atoms with E-state index in [-0.39, 0.29) is 12.3 Å². The summed E-state index contributed by atoms with van der Waals surface area (Å²) in [6.07, 6.45) is 0. The number of ether oxygens (including phenoxy) is 1. The van der Waals surface area contributed by atoms with Gasteiger partial charge in [0.05, 0.1) is 12.5 Å². The van der Waals surface area contributed by atoms with E-state index in [2.05, 4.69) is 10.3 Å². The number of aromatic hydroxyl groups is 1. The summed E-state index contributed by atoms with van der Waals surface area (Å²) in [5, 5.41) is 21.6. The van der Waals surface area contributed by atoms with Crippen LogP contribution in [0.2, 0.25) is 0 Å². The Hall–Kier alpha value is -3.81. The first-order chi connectivity index (χ1) is 13.5. The van der Waals surface area contributed by atoms with Crippen LogP contribution in [0.25, 0.3) is 22.3 Å². The quantitative estimate of drug-likeness (QED) is 0.599. The largest absolute Gasteiger partial charge is 0.508 e. The normalized spacial score (nSPS) is 11.4. The van der Waals surface area contributed by atoms with E-state index >= 15 is 0 Å². The van der Waals surface area contributed by atoms with E-state index in [4.69, 9.17) is 14.3 Å². The Bertz CT molecular complexity index is 1090. The number of fused-ring (bicyclic) bond motifs is 1. The number of carbonyl (C=O) groups excluding carboxylic acids is 1. The molecule has 3 aromatic rings. The maximum absolute atomic E-state index is 11.8. The van der Waals surface area contributed by atoms with Gasteiger partial charge in [0.1, 0.15) is 35.9 Å². The molecule has 0 radical (unpaired) electrons. The number of hydrogen-bond donors (Lipinski definition) is 3. The third-order valence-corrected chi connectivity index (χ3v) is 3.93. The molecule has 8 heteroatoms. The number of carbonyl (C=O) groups is 2. The lowest BCUT2D eigenvalue weighted by atomic mass is 10.1. The van der Waals surface area contributed by atoms with Gasteiger partial charge in [0.15, 0.2) is 0 Å². The molecule has 1 aromatic heterocycles. The lowest BCUT2D eigenvalue weighted by Gasteiger charge is -2.07. The third kappa shape index (κ3) is 4.47. The minimum absolute atomic E-state index is 0.0340. The zero-order chi connectivity index (χ0) is 20.1. The second kappa shape index (κ2) is 8.26. The number of nitrogens with one attached hydrogen (secondary N) is 1. The number of amides is 1. The number of benzene rings is 2. The van der Waals surface area contributed by atoms with Crippen molar-refractivity contribution in [1.29, 1.82) is 0 Å². The molecule has 0 aliphatic heterocycles. The number of phenolic OH excluding ortho intramolecular Hbond substituents is 1. The topological polar surface area (TPSA) is 121 Å². The van der Waals surface area contributed by atoms with Crippen molar-refractivity contribution in [1.82, 2.24) is 5.32 Å². The molecule has 0 fully saturated rings. The summed E-state index contributed by atoms with van der Waals surface area (Å²) in [7, 11) is 1.58. The Morgan fingerprint density at radius 3 is 2.57 bits per heavy atom. The summed E-state index contributed by atoms with van der Waals surface area (Å²) in [5.74, 6) is -0.404. The summed E-state index contributed by atoms with van der Waals surface area (Å²) >= 11 is 0. The molecule has 0 aliphatic rings. The summed E-state index contributed by atoms with van der Waals surface area (Å²) in [4.78, 5) is 26.6. The number of hydrogen-bond acceptors (Lipinski definition) is 6. The fourth-order valence-corrected chi connectivity index (χ4v) is 2.57. The van der Waals surface area contributed by atoms with Crippen LogP contribution in [0.1, 0.15) is 0 Å². The van der Waals surface area contributed by atoms with Crippen LogP contribution in [0.5, 0.6) is 11.5 Å². The molecule has 0 aliphatic carbocycles. The minimum Gasteiger partial charge on any atom is -0.508 e. The molecular weight excluding hydrogens is 364 g/mol. The fourth-order valence-electron chi connectivity index (χ4n) is 2.57. The van der Waals surface area contributed by atoms with Crippen molar-refractivity contribution in [3.63, 3.8) is 0 Å². The molecule has 0 bridgehead atoms. The van der Waals surface area contributed by atoms with Gasteiger partial charge in [0.2, 0.25) is 5.91 Å². The van der Waals surface area contributed by atoms with E-state index in [1.54, 1.807) is 31.4 Å². The van der Waals surface area contributed by atoms with Crippen LogP contribution in [0.3, 0.4) is 0 Å². The first-order valence-electron chi connectivity index (χ1n) is 8.36. The molecule has 1 heterocycles. The van der Waals surface area contributed by atoms with Crippen molar-refractivity contribution < 1.29 is 29.0 Å². The zero-order valence-corrected chi connectivity index (χ0v) is 15.0. The molecule has 0 saturated carbocycles. The van der Waals surface area contributed by atoms with E-state index in [0.717, 1.165) is 5.56 Å². The van der Waals surface area contributed by atoms with Gasteiger partial charge in [0, 0.05) is 17.0 Å². The van der Waals surface area contributed by atoms with Crippen molar-refractivity contribution >= 4 is 22.8 Å². The molecule has 2 aromatic carbocycles. The van der Waals surface area contributed by atoms with Gasteiger partial charge in [-0.2, -0.15) is 0 Å². The molecule has 3 rings (SSSR count). The maximum atomic E-state index is 11.8. The number of methoxy groups -OCH3 is 1. The van der Waals surface area contributed by atoms with Gasteiger partial charge in [-0.05, 0) is 42.5 Å². The van der Waals surface area contributed by atoms with Crippen molar-refractivity contribution in [2.45, 2.75) is 0 Å². The number of phenols is 1. The zero-order valence-electron chi connectivity index (χ0n) is 15.0. The molecular formula is C20H18N2O6. The van der Waals surface area contributed by atoms with Crippen LogP contribution < -0.4 is 15.4 Å². The van der Waals surface area contributed by atoms with Gasteiger partial charge in [-0.25, -0.2) is 0 Å². The van der Waals surface area contributed by atoms with Gasteiger partial charge in [-0.1, -0.05) is 0 Å². The van der Waals surface area contributed by atoms with Crippen molar-refractivity contribution in [2.75, 3.05) is 20.2 Å². The number of nitrogens with zero attached hydrogens (tertiary/aromatic N) is 1. The summed E-state index contributed by atoms with van der Waals surface area (Å²) in [6, 6.07) is 13.5. The molecule has 8 nitrogen and oxygen atoms in total. The highest BCUT2D eigenvalue weighted by atomic mass is 16.5. The maximum Gasteiger partial charge on any atom is 0.322 e. The van der Waals surface area contributed by atoms with Crippen LogP contribution in [0, 0.1) is 0 Å². The number of carboxylic acids is 1. The lowest BCUT2D eigenvalue weighted by molar-refractivity contribution is -0.137. The Morgan fingerprint density at radius 2 is 1.89 bits per heavy atom. The number of aliphatic carboxylic acids is 1. The first-order valence-corrected chi connectivity index (χ1v) is 8.36. The lowest BCUT2D eigenvalue weighted by Crippen LogP contribution is -2.31. The van der Waals surface area contributed by atoms with Crippen LogP contribution >= 0.6 is 0 Å². The second-order valence-corrected chi connectivity index (χ2v) is 5.89. The van der Waals surface area contributed by atoms with Gasteiger partial charge in [-0.15, -0.1) is 0 Å².